The Hall–Kier alpha value is -2.70. The molecule has 1 aromatic heterocycles. The number of carbonyl (C=O) groups is 2. The highest BCUT2D eigenvalue weighted by Gasteiger charge is 2.41. The van der Waals surface area contributed by atoms with Crippen LogP contribution in [-0.2, 0) is 16.1 Å². The minimum atomic E-state index is -1.000. The van der Waals surface area contributed by atoms with Gasteiger partial charge in [-0.15, -0.1) is 0 Å². The van der Waals surface area contributed by atoms with E-state index in [1.165, 1.54) is 11.0 Å². The van der Waals surface area contributed by atoms with E-state index >= 15 is 0 Å². The highest BCUT2D eigenvalue weighted by Crippen LogP contribution is 2.38. The second kappa shape index (κ2) is 7.46. The number of carboxylic acid groups (broad SMARTS) is 1. The smallest absolute Gasteiger partial charge is 0.308 e. The molecule has 25 heavy (non-hydrogen) atoms. The fourth-order valence-corrected chi connectivity index (χ4v) is 3.42. The molecule has 7 heteroatoms. The molecular formula is C18H20FN3O3. The molecule has 1 fully saturated rings. The molecule has 1 N–H and O–H groups in total. The van der Waals surface area contributed by atoms with Crippen molar-refractivity contribution in [1.29, 1.82) is 0 Å². The van der Waals surface area contributed by atoms with Gasteiger partial charge in [-0.25, -0.2) is 9.37 Å². The van der Waals surface area contributed by atoms with E-state index in [-0.39, 0.29) is 24.3 Å². The van der Waals surface area contributed by atoms with Crippen LogP contribution in [0.3, 0.4) is 0 Å². The predicted molar refractivity (Wildman–Crippen MR) is 88.1 cm³/mol. The third-order valence-corrected chi connectivity index (χ3v) is 4.62. The molecule has 2 aromatic rings. The Morgan fingerprint density at radius 3 is 2.80 bits per heavy atom. The van der Waals surface area contributed by atoms with Crippen LogP contribution >= 0.6 is 0 Å². The van der Waals surface area contributed by atoms with Crippen LogP contribution in [0, 0.1) is 11.7 Å². The van der Waals surface area contributed by atoms with E-state index in [0.29, 0.717) is 19.5 Å². The summed E-state index contributed by atoms with van der Waals surface area (Å²) < 4.78 is 16.2. The fraction of sp³-hybridized carbons (Fsp3) is 0.389. The van der Waals surface area contributed by atoms with Crippen molar-refractivity contribution in [2.24, 2.45) is 5.92 Å². The van der Waals surface area contributed by atoms with E-state index in [0.717, 1.165) is 0 Å². The Kier molecular flexibility index (Phi) is 5.11. The first-order valence-corrected chi connectivity index (χ1v) is 8.30. The standard InChI is InChI=1S/C18H20FN3O3/c19-15-5-2-1-4-13(15)17-14(18(24)25)6-7-16(23)22(17)10-3-9-21-11-8-20-12-21/h1-2,4-5,8,11-12,14,17H,3,6-7,9-10H2,(H,24,25)/t14-,17+/m1/s1. The summed E-state index contributed by atoms with van der Waals surface area (Å²) in [6, 6.07) is 5.32. The number of imidazole rings is 1. The Labute approximate surface area is 144 Å². The molecule has 2 heterocycles. The third-order valence-electron chi connectivity index (χ3n) is 4.62. The molecule has 0 radical (unpaired) electrons. The monoisotopic (exact) mass is 345 g/mol. The topological polar surface area (TPSA) is 75.4 Å². The average Bonchev–Trinajstić information content (AvgIpc) is 3.10. The zero-order valence-electron chi connectivity index (χ0n) is 13.7. The van der Waals surface area contributed by atoms with Gasteiger partial charge < -0.3 is 14.6 Å². The van der Waals surface area contributed by atoms with Gasteiger partial charge in [0.05, 0.1) is 18.3 Å². The second-order valence-electron chi connectivity index (χ2n) is 6.19. The molecule has 0 spiro atoms. The average molecular weight is 345 g/mol. The number of aryl methyl sites for hydroxylation is 1. The number of piperidine rings is 1. The van der Waals surface area contributed by atoms with E-state index in [4.69, 9.17) is 0 Å². The van der Waals surface area contributed by atoms with Crippen LogP contribution in [0.2, 0.25) is 0 Å². The molecule has 0 saturated carbocycles. The summed E-state index contributed by atoms with van der Waals surface area (Å²) in [6.45, 7) is 1.03. The summed E-state index contributed by atoms with van der Waals surface area (Å²) in [5, 5.41) is 9.57. The number of hydrogen-bond donors (Lipinski definition) is 1. The van der Waals surface area contributed by atoms with Gasteiger partial charge in [0, 0.05) is 37.5 Å². The van der Waals surface area contributed by atoms with Gasteiger partial charge in [-0.2, -0.15) is 0 Å². The number of aromatic nitrogens is 2. The minimum Gasteiger partial charge on any atom is -0.481 e. The maximum absolute atomic E-state index is 14.3. The first kappa shape index (κ1) is 17.1. The number of hydrogen-bond acceptors (Lipinski definition) is 3. The molecule has 1 aliphatic rings. The Bertz CT molecular complexity index is 748. The number of carboxylic acids is 1. The molecule has 1 amide bonds. The van der Waals surface area contributed by atoms with E-state index in [2.05, 4.69) is 4.98 Å². The van der Waals surface area contributed by atoms with Gasteiger partial charge in [0.15, 0.2) is 0 Å². The van der Waals surface area contributed by atoms with Crippen molar-refractivity contribution >= 4 is 11.9 Å². The molecule has 6 nitrogen and oxygen atoms in total. The van der Waals surface area contributed by atoms with Crippen molar-refractivity contribution < 1.29 is 19.1 Å². The van der Waals surface area contributed by atoms with E-state index in [9.17, 15) is 19.1 Å². The number of carbonyl (C=O) groups excluding carboxylic acids is 1. The van der Waals surface area contributed by atoms with Crippen LogP contribution in [0.4, 0.5) is 4.39 Å². The lowest BCUT2D eigenvalue weighted by Crippen LogP contribution is -2.46. The summed E-state index contributed by atoms with van der Waals surface area (Å²) in [7, 11) is 0. The van der Waals surface area contributed by atoms with Gasteiger partial charge in [0.2, 0.25) is 5.91 Å². The lowest BCUT2D eigenvalue weighted by atomic mass is 9.84. The molecule has 0 unspecified atom stereocenters. The number of rotatable bonds is 6. The molecule has 1 aliphatic heterocycles. The van der Waals surface area contributed by atoms with Crippen molar-refractivity contribution in [3.8, 4) is 0 Å². The molecular weight excluding hydrogens is 325 g/mol. The molecule has 3 rings (SSSR count). The number of halogens is 1. The van der Waals surface area contributed by atoms with Crippen molar-refractivity contribution in [2.75, 3.05) is 6.54 Å². The molecule has 1 aromatic carbocycles. The summed E-state index contributed by atoms with van der Waals surface area (Å²) in [5.41, 5.74) is 0.269. The Morgan fingerprint density at radius 1 is 1.32 bits per heavy atom. The summed E-state index contributed by atoms with van der Waals surface area (Å²) in [4.78, 5) is 29.6. The minimum absolute atomic E-state index is 0.128. The van der Waals surface area contributed by atoms with Crippen molar-refractivity contribution in [3.63, 3.8) is 0 Å². The van der Waals surface area contributed by atoms with Gasteiger partial charge in [-0.3, -0.25) is 9.59 Å². The molecule has 2 atom stereocenters. The Balaban J connectivity index is 1.84. The number of benzene rings is 1. The number of amides is 1. The zero-order chi connectivity index (χ0) is 17.8. The van der Waals surface area contributed by atoms with E-state index < -0.39 is 23.7 Å². The summed E-state index contributed by atoms with van der Waals surface area (Å²) in [6.07, 6.45) is 6.23. The lowest BCUT2D eigenvalue weighted by Gasteiger charge is -2.40. The number of nitrogens with zero attached hydrogens (tertiary/aromatic N) is 3. The summed E-state index contributed by atoms with van der Waals surface area (Å²) >= 11 is 0. The highest BCUT2D eigenvalue weighted by molar-refractivity contribution is 5.81. The largest absolute Gasteiger partial charge is 0.481 e. The van der Waals surface area contributed by atoms with Crippen molar-refractivity contribution in [2.45, 2.75) is 31.8 Å². The normalized spacial score (nSPS) is 20.7. The van der Waals surface area contributed by atoms with Crippen LogP contribution in [0.1, 0.15) is 30.9 Å². The van der Waals surface area contributed by atoms with Crippen molar-refractivity contribution in [3.05, 3.63) is 54.4 Å². The SMILES string of the molecule is O=C(O)[C@@H]1CCC(=O)N(CCCn2ccnc2)[C@H]1c1ccccc1F. The molecule has 1 saturated heterocycles. The second-order valence-corrected chi connectivity index (χ2v) is 6.19. The van der Waals surface area contributed by atoms with Gasteiger partial charge in [-0.05, 0) is 18.9 Å². The van der Waals surface area contributed by atoms with E-state index in [1.807, 2.05) is 10.8 Å². The van der Waals surface area contributed by atoms with Gasteiger partial charge in [-0.1, -0.05) is 18.2 Å². The fourth-order valence-electron chi connectivity index (χ4n) is 3.42. The highest BCUT2D eigenvalue weighted by atomic mass is 19.1. The van der Waals surface area contributed by atoms with Crippen LogP contribution in [0.25, 0.3) is 0 Å². The van der Waals surface area contributed by atoms with Crippen LogP contribution < -0.4 is 0 Å². The van der Waals surface area contributed by atoms with Crippen LogP contribution in [-0.4, -0.2) is 38.0 Å². The van der Waals surface area contributed by atoms with Crippen molar-refractivity contribution in [1.82, 2.24) is 14.5 Å². The summed E-state index contributed by atoms with van der Waals surface area (Å²) in [5.74, 6) is -2.41. The zero-order valence-corrected chi connectivity index (χ0v) is 13.7. The Morgan fingerprint density at radius 2 is 2.12 bits per heavy atom. The molecule has 0 aliphatic carbocycles. The van der Waals surface area contributed by atoms with Crippen LogP contribution in [0.5, 0.6) is 0 Å². The number of aliphatic carboxylic acids is 1. The van der Waals surface area contributed by atoms with Gasteiger partial charge in [0.1, 0.15) is 5.82 Å². The maximum atomic E-state index is 14.3. The predicted octanol–water partition coefficient (Wildman–Crippen LogP) is 2.48. The first-order chi connectivity index (χ1) is 12.1. The lowest BCUT2D eigenvalue weighted by molar-refractivity contribution is -0.152. The number of likely N-dealkylation sites (tertiary alicyclic amines) is 1. The quantitative estimate of drug-likeness (QED) is 0.873. The van der Waals surface area contributed by atoms with E-state index in [1.54, 1.807) is 30.7 Å². The van der Waals surface area contributed by atoms with Crippen LogP contribution in [0.15, 0.2) is 43.0 Å². The molecule has 132 valence electrons. The maximum Gasteiger partial charge on any atom is 0.308 e. The molecule has 0 bridgehead atoms. The van der Waals surface area contributed by atoms with Gasteiger partial charge in [0.25, 0.3) is 0 Å². The first-order valence-electron chi connectivity index (χ1n) is 8.30. The third kappa shape index (κ3) is 3.70. The van der Waals surface area contributed by atoms with Gasteiger partial charge >= 0.3 is 5.97 Å².